The molecular weight excluding hydrogens is 218 g/mol. The second-order valence-electron chi connectivity index (χ2n) is 5.14. The van der Waals surface area contributed by atoms with E-state index in [0.29, 0.717) is 19.0 Å². The zero-order valence-corrected chi connectivity index (χ0v) is 10.4. The van der Waals surface area contributed by atoms with Crippen LogP contribution in [0.1, 0.15) is 44.9 Å². The lowest BCUT2D eigenvalue weighted by molar-refractivity contribution is -0.153. The average Bonchev–Trinajstić information content (AvgIpc) is 2.60. The summed E-state index contributed by atoms with van der Waals surface area (Å²) in [6.45, 7) is 1.00. The first-order valence-electron chi connectivity index (χ1n) is 6.83. The molecule has 1 saturated heterocycles. The number of carbonyl (C=O) groups is 1. The van der Waals surface area contributed by atoms with Gasteiger partial charge in [0.15, 0.2) is 0 Å². The topological polar surface area (TPSA) is 49.8 Å². The maximum absolute atomic E-state index is 11.9. The minimum Gasteiger partial charge on any atom is -0.396 e. The Morgan fingerprint density at radius 1 is 1.24 bits per heavy atom. The average molecular weight is 241 g/mol. The number of hydrogen-bond acceptors (Lipinski definition) is 3. The van der Waals surface area contributed by atoms with E-state index in [2.05, 4.69) is 0 Å². The predicted octanol–water partition coefficient (Wildman–Crippen LogP) is 1.32. The molecule has 1 atom stereocenters. The van der Waals surface area contributed by atoms with Gasteiger partial charge in [-0.15, -0.1) is 0 Å². The van der Waals surface area contributed by atoms with Gasteiger partial charge >= 0.3 is 0 Å². The second-order valence-corrected chi connectivity index (χ2v) is 5.14. The summed E-state index contributed by atoms with van der Waals surface area (Å²) in [6, 6.07) is 0.412. The smallest absolute Gasteiger partial charge is 0.248 e. The standard InChI is InChI=1S/C13H23NO3/c15-8-7-12-9-14(13(16)10-17-12)11-5-3-1-2-4-6-11/h11-12,15H,1-10H2. The van der Waals surface area contributed by atoms with Gasteiger partial charge in [-0.25, -0.2) is 0 Å². The molecule has 0 radical (unpaired) electrons. The highest BCUT2D eigenvalue weighted by atomic mass is 16.5. The van der Waals surface area contributed by atoms with Crippen molar-refractivity contribution in [3.8, 4) is 0 Å². The van der Waals surface area contributed by atoms with Crippen molar-refractivity contribution in [3.05, 3.63) is 0 Å². The Balaban J connectivity index is 1.93. The van der Waals surface area contributed by atoms with Crippen LogP contribution in [0.25, 0.3) is 0 Å². The molecule has 1 N–H and O–H groups in total. The molecule has 2 rings (SSSR count). The van der Waals surface area contributed by atoms with Crippen LogP contribution in [0.2, 0.25) is 0 Å². The van der Waals surface area contributed by atoms with Gasteiger partial charge in [0.05, 0.1) is 6.10 Å². The lowest BCUT2D eigenvalue weighted by Crippen LogP contribution is -2.51. The Morgan fingerprint density at radius 3 is 2.59 bits per heavy atom. The fraction of sp³-hybridized carbons (Fsp3) is 0.923. The first-order chi connectivity index (χ1) is 8.31. The van der Waals surface area contributed by atoms with Gasteiger partial charge < -0.3 is 14.7 Å². The van der Waals surface area contributed by atoms with Crippen LogP contribution in [0.15, 0.2) is 0 Å². The normalized spacial score (nSPS) is 28.2. The van der Waals surface area contributed by atoms with Crippen molar-refractivity contribution in [2.24, 2.45) is 0 Å². The predicted molar refractivity (Wildman–Crippen MR) is 64.6 cm³/mol. The van der Waals surface area contributed by atoms with Gasteiger partial charge in [0, 0.05) is 19.2 Å². The van der Waals surface area contributed by atoms with Crippen molar-refractivity contribution in [2.75, 3.05) is 19.8 Å². The second kappa shape index (κ2) is 6.36. The van der Waals surface area contributed by atoms with Crippen molar-refractivity contribution in [3.63, 3.8) is 0 Å². The highest BCUT2D eigenvalue weighted by Gasteiger charge is 2.31. The van der Waals surface area contributed by atoms with Crippen LogP contribution >= 0.6 is 0 Å². The Bertz CT molecular complexity index is 249. The number of morpholine rings is 1. The van der Waals surface area contributed by atoms with Gasteiger partial charge in [0.25, 0.3) is 0 Å². The maximum atomic E-state index is 11.9. The summed E-state index contributed by atoms with van der Waals surface area (Å²) in [4.78, 5) is 13.9. The van der Waals surface area contributed by atoms with Crippen LogP contribution in [0.3, 0.4) is 0 Å². The van der Waals surface area contributed by atoms with Crippen molar-refractivity contribution in [1.29, 1.82) is 0 Å². The zero-order chi connectivity index (χ0) is 12.1. The molecule has 1 unspecified atom stereocenters. The van der Waals surface area contributed by atoms with E-state index in [9.17, 15) is 4.79 Å². The number of aliphatic hydroxyl groups excluding tert-OH is 1. The third-order valence-corrected chi connectivity index (χ3v) is 3.88. The molecule has 17 heavy (non-hydrogen) atoms. The molecule has 0 aromatic carbocycles. The van der Waals surface area contributed by atoms with Crippen molar-refractivity contribution >= 4 is 5.91 Å². The van der Waals surface area contributed by atoms with Crippen molar-refractivity contribution < 1.29 is 14.6 Å². The Morgan fingerprint density at radius 2 is 1.94 bits per heavy atom. The van der Waals surface area contributed by atoms with Crippen LogP contribution in [0, 0.1) is 0 Å². The molecule has 0 aromatic rings. The van der Waals surface area contributed by atoms with Gasteiger partial charge in [0.2, 0.25) is 5.91 Å². The van der Waals surface area contributed by atoms with E-state index in [-0.39, 0.29) is 25.2 Å². The van der Waals surface area contributed by atoms with Crippen molar-refractivity contribution in [1.82, 2.24) is 4.90 Å². The lowest BCUT2D eigenvalue weighted by Gasteiger charge is -2.38. The third-order valence-electron chi connectivity index (χ3n) is 3.88. The van der Waals surface area contributed by atoms with Gasteiger partial charge in [-0.3, -0.25) is 4.79 Å². The van der Waals surface area contributed by atoms with Crippen molar-refractivity contribution in [2.45, 2.75) is 57.1 Å². The summed E-state index contributed by atoms with van der Waals surface area (Å²) < 4.78 is 5.43. The third kappa shape index (κ3) is 3.42. The lowest BCUT2D eigenvalue weighted by atomic mass is 10.0. The Labute approximate surface area is 103 Å². The van der Waals surface area contributed by atoms with E-state index in [1.165, 1.54) is 25.7 Å². The van der Waals surface area contributed by atoms with Crippen LogP contribution in [-0.2, 0) is 9.53 Å². The summed E-state index contributed by atoms with van der Waals surface area (Å²) in [6.07, 6.45) is 8.01. The van der Waals surface area contributed by atoms with Gasteiger partial charge in [-0.1, -0.05) is 25.7 Å². The molecule has 0 spiro atoms. The monoisotopic (exact) mass is 241 g/mol. The summed E-state index contributed by atoms with van der Waals surface area (Å²) in [5.74, 6) is 0.131. The van der Waals surface area contributed by atoms with Crippen LogP contribution in [0.5, 0.6) is 0 Å². The van der Waals surface area contributed by atoms with E-state index < -0.39 is 0 Å². The fourth-order valence-electron chi connectivity index (χ4n) is 2.89. The SMILES string of the molecule is O=C1COC(CCO)CN1C1CCCCCC1. The Hall–Kier alpha value is -0.610. The minimum absolute atomic E-state index is 0.0287. The molecule has 1 aliphatic carbocycles. The number of carbonyl (C=O) groups excluding carboxylic acids is 1. The first-order valence-corrected chi connectivity index (χ1v) is 6.83. The van der Waals surface area contributed by atoms with Gasteiger partial charge in [-0.2, -0.15) is 0 Å². The molecule has 4 heteroatoms. The highest BCUT2D eigenvalue weighted by molar-refractivity contribution is 5.78. The molecule has 2 fully saturated rings. The van der Waals surface area contributed by atoms with E-state index in [1.807, 2.05) is 4.90 Å². The zero-order valence-electron chi connectivity index (χ0n) is 10.4. The number of hydrogen-bond donors (Lipinski definition) is 1. The van der Waals surface area contributed by atoms with Gasteiger partial charge in [0.1, 0.15) is 6.61 Å². The molecule has 4 nitrogen and oxygen atoms in total. The molecule has 98 valence electrons. The van der Waals surface area contributed by atoms with E-state index >= 15 is 0 Å². The molecule has 1 amide bonds. The summed E-state index contributed by atoms with van der Waals surface area (Å²) in [5, 5.41) is 8.94. The molecule has 0 bridgehead atoms. The first kappa shape index (κ1) is 12.8. The van der Waals surface area contributed by atoms with Gasteiger partial charge in [-0.05, 0) is 19.3 Å². The largest absolute Gasteiger partial charge is 0.396 e. The molecule has 1 heterocycles. The summed E-state index contributed by atoms with van der Waals surface area (Å²) >= 11 is 0. The number of rotatable bonds is 3. The van der Waals surface area contributed by atoms with E-state index in [1.54, 1.807) is 0 Å². The van der Waals surface area contributed by atoms with E-state index in [4.69, 9.17) is 9.84 Å². The molecule has 1 saturated carbocycles. The summed E-state index contributed by atoms with van der Waals surface area (Å²) in [7, 11) is 0. The minimum atomic E-state index is 0.0287. The molecule has 2 aliphatic rings. The van der Waals surface area contributed by atoms with Crippen LogP contribution in [0.4, 0.5) is 0 Å². The fourth-order valence-corrected chi connectivity index (χ4v) is 2.89. The number of amides is 1. The maximum Gasteiger partial charge on any atom is 0.248 e. The highest BCUT2D eigenvalue weighted by Crippen LogP contribution is 2.24. The molecular formula is C13H23NO3. The van der Waals surface area contributed by atoms with E-state index in [0.717, 1.165) is 12.8 Å². The Kier molecular flexibility index (Phi) is 4.80. The number of aliphatic hydroxyl groups is 1. The van der Waals surface area contributed by atoms with Crippen LogP contribution in [-0.4, -0.2) is 47.8 Å². The molecule has 1 aliphatic heterocycles. The number of nitrogens with zero attached hydrogens (tertiary/aromatic N) is 1. The quantitative estimate of drug-likeness (QED) is 0.758. The molecule has 0 aromatic heterocycles. The van der Waals surface area contributed by atoms with Crippen LogP contribution < -0.4 is 0 Å². The number of ether oxygens (including phenoxy) is 1. The summed E-state index contributed by atoms with van der Waals surface area (Å²) in [5.41, 5.74) is 0.